The van der Waals surface area contributed by atoms with E-state index >= 15 is 0 Å². The molecule has 0 aromatic carbocycles. The lowest BCUT2D eigenvalue weighted by molar-refractivity contribution is 0.203. The van der Waals surface area contributed by atoms with Crippen LogP contribution in [0.4, 0.5) is 0 Å². The summed E-state index contributed by atoms with van der Waals surface area (Å²) in [5.74, 6) is 2.12. The highest BCUT2D eigenvalue weighted by atomic mass is 16.3. The SMILES string of the molecule is CC1=CCCC(C)C1CN1CCC(CO)C1. The van der Waals surface area contributed by atoms with Crippen molar-refractivity contribution in [1.82, 2.24) is 4.90 Å². The number of rotatable bonds is 3. The van der Waals surface area contributed by atoms with Crippen molar-refractivity contribution in [3.63, 3.8) is 0 Å². The van der Waals surface area contributed by atoms with Crippen LogP contribution in [0.5, 0.6) is 0 Å². The first-order valence-electron chi connectivity index (χ1n) is 6.70. The lowest BCUT2D eigenvalue weighted by Crippen LogP contribution is -2.32. The molecule has 0 aromatic heterocycles. The molecule has 2 nitrogen and oxygen atoms in total. The number of hydrogen-bond donors (Lipinski definition) is 1. The predicted molar refractivity (Wildman–Crippen MR) is 67.3 cm³/mol. The lowest BCUT2D eigenvalue weighted by Gasteiger charge is -2.32. The van der Waals surface area contributed by atoms with E-state index in [1.165, 1.54) is 32.4 Å². The van der Waals surface area contributed by atoms with Crippen molar-refractivity contribution in [1.29, 1.82) is 0 Å². The monoisotopic (exact) mass is 223 g/mol. The molecule has 1 aliphatic carbocycles. The Bertz CT molecular complexity index is 261. The van der Waals surface area contributed by atoms with E-state index in [4.69, 9.17) is 5.11 Å². The van der Waals surface area contributed by atoms with Crippen molar-refractivity contribution >= 4 is 0 Å². The average molecular weight is 223 g/mol. The molecule has 1 N–H and O–H groups in total. The summed E-state index contributed by atoms with van der Waals surface area (Å²) >= 11 is 0. The fourth-order valence-electron chi connectivity index (χ4n) is 3.21. The number of aliphatic hydroxyl groups is 1. The lowest BCUT2D eigenvalue weighted by atomic mass is 9.80. The van der Waals surface area contributed by atoms with Gasteiger partial charge in [0.15, 0.2) is 0 Å². The van der Waals surface area contributed by atoms with Gasteiger partial charge in [0.2, 0.25) is 0 Å². The molecule has 1 saturated heterocycles. The second kappa shape index (κ2) is 5.33. The Hall–Kier alpha value is -0.340. The molecule has 3 atom stereocenters. The first kappa shape index (κ1) is 12.1. The van der Waals surface area contributed by atoms with E-state index in [0.29, 0.717) is 12.5 Å². The van der Waals surface area contributed by atoms with Crippen LogP contribution in [0.25, 0.3) is 0 Å². The number of hydrogen-bond acceptors (Lipinski definition) is 2. The quantitative estimate of drug-likeness (QED) is 0.742. The molecule has 2 rings (SSSR count). The van der Waals surface area contributed by atoms with Gasteiger partial charge in [-0.1, -0.05) is 18.6 Å². The average Bonchev–Trinajstić information content (AvgIpc) is 2.71. The summed E-state index contributed by atoms with van der Waals surface area (Å²) in [7, 11) is 0. The van der Waals surface area contributed by atoms with E-state index in [9.17, 15) is 0 Å². The Morgan fingerprint density at radius 1 is 1.44 bits per heavy atom. The Balaban J connectivity index is 1.89. The zero-order valence-corrected chi connectivity index (χ0v) is 10.7. The second-order valence-electron chi connectivity index (χ2n) is 5.71. The highest BCUT2D eigenvalue weighted by Crippen LogP contribution is 2.31. The summed E-state index contributed by atoms with van der Waals surface area (Å²) < 4.78 is 0. The Morgan fingerprint density at radius 3 is 2.88 bits per heavy atom. The van der Waals surface area contributed by atoms with Gasteiger partial charge in [-0.05, 0) is 50.5 Å². The van der Waals surface area contributed by atoms with Crippen molar-refractivity contribution in [2.24, 2.45) is 17.8 Å². The van der Waals surface area contributed by atoms with Crippen molar-refractivity contribution < 1.29 is 5.11 Å². The maximum Gasteiger partial charge on any atom is 0.0471 e. The predicted octanol–water partition coefficient (Wildman–Crippen LogP) is 2.29. The first-order chi connectivity index (χ1) is 7.70. The van der Waals surface area contributed by atoms with Gasteiger partial charge >= 0.3 is 0 Å². The molecule has 0 saturated carbocycles. The fourth-order valence-corrected chi connectivity index (χ4v) is 3.21. The largest absolute Gasteiger partial charge is 0.396 e. The smallest absolute Gasteiger partial charge is 0.0471 e. The molecule has 1 aliphatic heterocycles. The van der Waals surface area contributed by atoms with Crippen LogP contribution in [0.2, 0.25) is 0 Å². The van der Waals surface area contributed by atoms with Gasteiger partial charge in [-0.2, -0.15) is 0 Å². The van der Waals surface area contributed by atoms with E-state index < -0.39 is 0 Å². The molecule has 2 heteroatoms. The zero-order valence-electron chi connectivity index (χ0n) is 10.7. The molecular weight excluding hydrogens is 198 g/mol. The van der Waals surface area contributed by atoms with Crippen LogP contribution in [-0.4, -0.2) is 36.2 Å². The van der Waals surface area contributed by atoms with Gasteiger partial charge in [-0.3, -0.25) is 0 Å². The molecular formula is C14H25NO. The maximum absolute atomic E-state index is 9.16. The fraction of sp³-hybridized carbons (Fsp3) is 0.857. The van der Waals surface area contributed by atoms with Gasteiger partial charge in [0, 0.05) is 19.7 Å². The van der Waals surface area contributed by atoms with Gasteiger partial charge < -0.3 is 10.0 Å². The van der Waals surface area contributed by atoms with Crippen molar-refractivity contribution in [3.05, 3.63) is 11.6 Å². The molecule has 0 amide bonds. The van der Waals surface area contributed by atoms with Gasteiger partial charge in [-0.15, -0.1) is 0 Å². The van der Waals surface area contributed by atoms with E-state index in [-0.39, 0.29) is 0 Å². The minimum absolute atomic E-state index is 0.367. The molecule has 0 spiro atoms. The summed E-state index contributed by atoms with van der Waals surface area (Å²) in [5, 5.41) is 9.16. The number of allylic oxidation sites excluding steroid dienone is 1. The van der Waals surface area contributed by atoms with Crippen LogP contribution in [0.15, 0.2) is 11.6 Å². The topological polar surface area (TPSA) is 23.5 Å². The summed E-state index contributed by atoms with van der Waals surface area (Å²) in [4.78, 5) is 2.55. The van der Waals surface area contributed by atoms with Crippen LogP contribution in [0, 0.1) is 17.8 Å². The Morgan fingerprint density at radius 2 is 2.25 bits per heavy atom. The summed E-state index contributed by atoms with van der Waals surface area (Å²) in [6.45, 7) is 8.54. The standard InChI is InChI=1S/C14H25NO/c1-11-4-3-5-12(2)14(11)9-15-7-6-13(8-15)10-16/h4,12-14,16H,3,5-10H2,1-2H3. The minimum Gasteiger partial charge on any atom is -0.396 e. The minimum atomic E-state index is 0.367. The molecule has 1 heterocycles. The zero-order chi connectivity index (χ0) is 11.5. The normalized spacial score (nSPS) is 36.4. The Kier molecular flexibility index (Phi) is 4.04. The Labute approximate surface area is 99.3 Å². The second-order valence-corrected chi connectivity index (χ2v) is 5.71. The third-order valence-electron chi connectivity index (χ3n) is 4.44. The van der Waals surface area contributed by atoms with Crippen LogP contribution in [0.3, 0.4) is 0 Å². The first-order valence-corrected chi connectivity index (χ1v) is 6.70. The highest BCUT2D eigenvalue weighted by Gasteiger charge is 2.28. The van der Waals surface area contributed by atoms with Crippen molar-refractivity contribution in [2.45, 2.75) is 33.1 Å². The van der Waals surface area contributed by atoms with Gasteiger partial charge in [0.05, 0.1) is 0 Å². The molecule has 2 aliphatic rings. The molecule has 16 heavy (non-hydrogen) atoms. The van der Waals surface area contributed by atoms with Crippen LogP contribution in [-0.2, 0) is 0 Å². The summed E-state index contributed by atoms with van der Waals surface area (Å²) in [6.07, 6.45) is 6.21. The molecule has 0 bridgehead atoms. The van der Waals surface area contributed by atoms with Gasteiger partial charge in [0.1, 0.15) is 0 Å². The number of nitrogens with zero attached hydrogens (tertiary/aromatic N) is 1. The third-order valence-corrected chi connectivity index (χ3v) is 4.44. The van der Waals surface area contributed by atoms with E-state index in [1.54, 1.807) is 5.57 Å². The number of likely N-dealkylation sites (tertiary alicyclic amines) is 1. The molecule has 0 radical (unpaired) electrons. The number of aliphatic hydroxyl groups excluding tert-OH is 1. The maximum atomic E-state index is 9.16. The van der Waals surface area contributed by atoms with Crippen molar-refractivity contribution in [2.75, 3.05) is 26.2 Å². The van der Waals surface area contributed by atoms with E-state index in [0.717, 1.165) is 18.4 Å². The molecule has 1 fully saturated rings. The molecule has 92 valence electrons. The third kappa shape index (κ3) is 2.67. The van der Waals surface area contributed by atoms with Crippen LogP contribution in [0.1, 0.15) is 33.1 Å². The van der Waals surface area contributed by atoms with Crippen LogP contribution >= 0.6 is 0 Å². The van der Waals surface area contributed by atoms with Gasteiger partial charge in [0.25, 0.3) is 0 Å². The highest BCUT2D eigenvalue weighted by molar-refractivity contribution is 5.09. The van der Waals surface area contributed by atoms with E-state index in [2.05, 4.69) is 24.8 Å². The summed E-state index contributed by atoms with van der Waals surface area (Å²) in [6, 6.07) is 0. The molecule has 3 unspecified atom stereocenters. The van der Waals surface area contributed by atoms with Gasteiger partial charge in [-0.25, -0.2) is 0 Å². The van der Waals surface area contributed by atoms with E-state index in [1.807, 2.05) is 0 Å². The van der Waals surface area contributed by atoms with Crippen LogP contribution < -0.4 is 0 Å². The molecule has 0 aromatic rings. The summed E-state index contributed by atoms with van der Waals surface area (Å²) in [5.41, 5.74) is 1.59. The van der Waals surface area contributed by atoms with Crippen molar-refractivity contribution in [3.8, 4) is 0 Å².